The Balaban J connectivity index is 2.13. The SMILES string of the molecule is Cc1nc(NC(=O)c2cccc(NCCCN)c2C)sc1C. The molecule has 0 aliphatic carbocycles. The Morgan fingerprint density at radius 3 is 2.73 bits per heavy atom. The summed E-state index contributed by atoms with van der Waals surface area (Å²) in [4.78, 5) is 17.9. The topological polar surface area (TPSA) is 80.0 Å². The van der Waals surface area contributed by atoms with Crippen LogP contribution in [0.5, 0.6) is 0 Å². The minimum Gasteiger partial charge on any atom is -0.385 e. The number of nitrogens with zero attached hydrogens (tertiary/aromatic N) is 1. The number of hydrogen-bond acceptors (Lipinski definition) is 5. The average Bonchev–Trinajstić information content (AvgIpc) is 2.79. The van der Waals surface area contributed by atoms with Crippen LogP contribution in [0.15, 0.2) is 18.2 Å². The third-order valence-electron chi connectivity index (χ3n) is 3.52. The first-order chi connectivity index (χ1) is 10.5. The lowest BCUT2D eigenvalue weighted by molar-refractivity contribution is 0.102. The molecular formula is C16H22N4OS. The van der Waals surface area contributed by atoms with Gasteiger partial charge in [0.1, 0.15) is 0 Å². The van der Waals surface area contributed by atoms with Gasteiger partial charge in [-0.25, -0.2) is 4.98 Å². The average molecular weight is 318 g/mol. The molecular weight excluding hydrogens is 296 g/mol. The molecule has 1 amide bonds. The first-order valence-corrected chi connectivity index (χ1v) is 8.13. The first-order valence-electron chi connectivity index (χ1n) is 7.32. The van der Waals surface area contributed by atoms with Crippen LogP contribution in [0.3, 0.4) is 0 Å². The number of carbonyl (C=O) groups is 1. The highest BCUT2D eigenvalue weighted by Gasteiger charge is 2.14. The van der Waals surface area contributed by atoms with Crippen LogP contribution >= 0.6 is 11.3 Å². The van der Waals surface area contributed by atoms with Crippen LogP contribution in [-0.4, -0.2) is 24.0 Å². The van der Waals surface area contributed by atoms with Gasteiger partial charge in [-0.15, -0.1) is 11.3 Å². The molecule has 1 aromatic heterocycles. The van der Waals surface area contributed by atoms with Crippen molar-refractivity contribution in [3.8, 4) is 0 Å². The van der Waals surface area contributed by atoms with Crippen molar-refractivity contribution >= 4 is 28.1 Å². The van der Waals surface area contributed by atoms with Crippen LogP contribution in [0, 0.1) is 20.8 Å². The fourth-order valence-electron chi connectivity index (χ4n) is 2.09. The minimum atomic E-state index is -0.131. The van der Waals surface area contributed by atoms with E-state index < -0.39 is 0 Å². The molecule has 0 atom stereocenters. The molecule has 2 rings (SSSR count). The molecule has 4 N–H and O–H groups in total. The second-order valence-corrected chi connectivity index (χ2v) is 6.37. The third-order valence-corrected chi connectivity index (χ3v) is 4.51. The molecule has 1 aromatic carbocycles. The van der Waals surface area contributed by atoms with Crippen molar-refractivity contribution in [3.05, 3.63) is 39.9 Å². The van der Waals surface area contributed by atoms with E-state index in [1.54, 1.807) is 0 Å². The Kier molecular flexibility index (Phi) is 5.51. The molecule has 0 aliphatic heterocycles. The predicted molar refractivity (Wildman–Crippen MR) is 92.9 cm³/mol. The zero-order chi connectivity index (χ0) is 16.1. The van der Waals surface area contributed by atoms with Crippen LogP contribution in [-0.2, 0) is 0 Å². The number of rotatable bonds is 6. The summed E-state index contributed by atoms with van der Waals surface area (Å²) in [5, 5.41) is 6.83. The van der Waals surface area contributed by atoms with E-state index in [0.29, 0.717) is 17.2 Å². The van der Waals surface area contributed by atoms with Crippen molar-refractivity contribution in [1.29, 1.82) is 0 Å². The second-order valence-electron chi connectivity index (χ2n) is 5.16. The van der Waals surface area contributed by atoms with Gasteiger partial charge in [0, 0.05) is 22.7 Å². The van der Waals surface area contributed by atoms with E-state index in [4.69, 9.17) is 5.73 Å². The fourth-order valence-corrected chi connectivity index (χ4v) is 2.90. The van der Waals surface area contributed by atoms with Gasteiger partial charge in [-0.1, -0.05) is 6.07 Å². The number of nitrogens with one attached hydrogen (secondary N) is 2. The zero-order valence-electron chi connectivity index (χ0n) is 13.2. The summed E-state index contributed by atoms with van der Waals surface area (Å²) in [6.45, 7) is 7.32. The highest BCUT2D eigenvalue weighted by atomic mass is 32.1. The van der Waals surface area contributed by atoms with Crippen molar-refractivity contribution in [2.75, 3.05) is 23.7 Å². The van der Waals surface area contributed by atoms with Crippen LogP contribution in [0.1, 0.15) is 32.9 Å². The molecule has 6 heteroatoms. The minimum absolute atomic E-state index is 0.131. The third kappa shape index (κ3) is 3.84. The van der Waals surface area contributed by atoms with Crippen LogP contribution < -0.4 is 16.4 Å². The van der Waals surface area contributed by atoms with Crippen LogP contribution in [0.2, 0.25) is 0 Å². The number of amides is 1. The zero-order valence-corrected chi connectivity index (χ0v) is 14.0. The van der Waals surface area contributed by atoms with E-state index in [2.05, 4.69) is 15.6 Å². The van der Waals surface area contributed by atoms with Crippen molar-refractivity contribution in [2.45, 2.75) is 27.2 Å². The molecule has 1 heterocycles. The molecule has 118 valence electrons. The smallest absolute Gasteiger partial charge is 0.257 e. The number of nitrogens with two attached hydrogens (primary N) is 1. The maximum Gasteiger partial charge on any atom is 0.257 e. The Hall–Kier alpha value is -1.92. The number of aryl methyl sites for hydroxylation is 2. The molecule has 0 saturated carbocycles. The predicted octanol–water partition coefficient (Wildman–Crippen LogP) is 3.08. The second kappa shape index (κ2) is 7.38. The number of carbonyl (C=O) groups excluding carboxylic acids is 1. The summed E-state index contributed by atoms with van der Waals surface area (Å²) in [6.07, 6.45) is 0.896. The van der Waals surface area contributed by atoms with Gasteiger partial charge in [-0.2, -0.15) is 0 Å². The summed E-state index contributed by atoms with van der Waals surface area (Å²) in [6, 6.07) is 5.68. The molecule has 0 spiro atoms. The molecule has 0 aliphatic rings. The Morgan fingerprint density at radius 1 is 1.32 bits per heavy atom. The lowest BCUT2D eigenvalue weighted by atomic mass is 10.1. The van der Waals surface area contributed by atoms with Gasteiger partial charge in [0.2, 0.25) is 0 Å². The highest BCUT2D eigenvalue weighted by molar-refractivity contribution is 7.15. The summed E-state index contributed by atoms with van der Waals surface area (Å²) in [7, 11) is 0. The van der Waals surface area contributed by atoms with Crippen molar-refractivity contribution in [1.82, 2.24) is 4.98 Å². The van der Waals surface area contributed by atoms with Crippen molar-refractivity contribution < 1.29 is 4.79 Å². The Morgan fingerprint density at radius 2 is 2.09 bits per heavy atom. The lowest BCUT2D eigenvalue weighted by Crippen LogP contribution is -2.15. The fraction of sp³-hybridized carbons (Fsp3) is 0.375. The van der Waals surface area contributed by atoms with Crippen LogP contribution in [0.4, 0.5) is 10.8 Å². The first kappa shape index (κ1) is 16.5. The molecule has 0 bridgehead atoms. The highest BCUT2D eigenvalue weighted by Crippen LogP contribution is 2.24. The monoisotopic (exact) mass is 318 g/mol. The summed E-state index contributed by atoms with van der Waals surface area (Å²) in [5.74, 6) is -0.131. The molecule has 0 fully saturated rings. The van der Waals surface area contributed by atoms with Crippen molar-refractivity contribution in [3.63, 3.8) is 0 Å². The van der Waals surface area contributed by atoms with E-state index in [1.807, 2.05) is 39.0 Å². The van der Waals surface area contributed by atoms with Gasteiger partial charge in [0.25, 0.3) is 5.91 Å². The maximum atomic E-state index is 12.4. The molecule has 5 nitrogen and oxygen atoms in total. The largest absolute Gasteiger partial charge is 0.385 e. The Labute approximate surface area is 135 Å². The van der Waals surface area contributed by atoms with Gasteiger partial charge in [0.05, 0.1) is 5.69 Å². The summed E-state index contributed by atoms with van der Waals surface area (Å²) >= 11 is 1.49. The summed E-state index contributed by atoms with van der Waals surface area (Å²) in [5.41, 5.74) is 9.01. The van der Waals surface area contributed by atoms with Gasteiger partial charge in [-0.05, 0) is 51.4 Å². The van der Waals surface area contributed by atoms with Gasteiger partial charge >= 0.3 is 0 Å². The molecule has 22 heavy (non-hydrogen) atoms. The summed E-state index contributed by atoms with van der Waals surface area (Å²) < 4.78 is 0. The Bertz CT molecular complexity index is 647. The van der Waals surface area contributed by atoms with Gasteiger partial charge < -0.3 is 11.1 Å². The number of thiazole rings is 1. The van der Waals surface area contributed by atoms with E-state index in [-0.39, 0.29) is 5.91 Å². The van der Waals surface area contributed by atoms with Crippen LogP contribution in [0.25, 0.3) is 0 Å². The van der Waals surface area contributed by atoms with Gasteiger partial charge in [0.15, 0.2) is 5.13 Å². The molecule has 0 saturated heterocycles. The quantitative estimate of drug-likeness (QED) is 0.715. The molecule has 0 radical (unpaired) electrons. The lowest BCUT2D eigenvalue weighted by Gasteiger charge is -2.12. The maximum absolute atomic E-state index is 12.4. The molecule has 0 unspecified atom stereocenters. The molecule has 2 aromatic rings. The standard InChI is InChI=1S/C16H22N4OS/c1-10-13(6-4-7-14(10)18-9-5-8-17)15(21)20-16-19-11(2)12(3)22-16/h4,6-7,18H,5,8-9,17H2,1-3H3,(H,19,20,21). The number of anilines is 2. The number of benzene rings is 1. The number of hydrogen-bond donors (Lipinski definition) is 3. The van der Waals surface area contributed by atoms with E-state index >= 15 is 0 Å². The normalized spacial score (nSPS) is 10.5. The number of aromatic nitrogens is 1. The van der Waals surface area contributed by atoms with E-state index in [9.17, 15) is 4.79 Å². The van der Waals surface area contributed by atoms with E-state index in [0.717, 1.165) is 34.8 Å². The van der Waals surface area contributed by atoms with Gasteiger partial charge in [-0.3, -0.25) is 10.1 Å². The van der Waals surface area contributed by atoms with Crippen molar-refractivity contribution in [2.24, 2.45) is 5.73 Å². The van der Waals surface area contributed by atoms with E-state index in [1.165, 1.54) is 11.3 Å².